The molecule has 0 bridgehead atoms. The summed E-state index contributed by atoms with van der Waals surface area (Å²) in [5.74, 6) is -6.07. The first kappa shape index (κ1) is 63.6. The molecular weight excluding hydrogens is 917 g/mol. The van der Waals surface area contributed by atoms with E-state index >= 15 is 0 Å². The topological polar surface area (TPSA) is 246 Å². The van der Waals surface area contributed by atoms with Gasteiger partial charge in [-0.05, 0) is 92.4 Å². The lowest BCUT2D eigenvalue weighted by molar-refractivity contribution is -0.173. The molecule has 0 spiro atoms. The van der Waals surface area contributed by atoms with Crippen LogP contribution in [0, 0.1) is 10.8 Å². The zero-order chi connectivity index (χ0) is 53.1. The standard InChI is InChI=1S/C51H74O19/c1-12-41(52)65-30-50(34-69-48(59)39(8)9,31-66-42(53)22-16-13-19-25-62-45(56)36(2)3)28-61-29-51(35-70-49(60)40(10)11,32-67-43(54)23-17-14-20-26-63-46(57)37(4)5)33-68-44(55)24-18-15-21-27-64-47(58)38(6)7/h12H,1-2,4,6,8,10,13-35H2,3,5,7,9,11H3. The molecular formula is C51H74O19. The molecule has 0 saturated heterocycles. The molecule has 0 aliphatic heterocycles. The maximum atomic E-state index is 13.1. The fourth-order valence-corrected chi connectivity index (χ4v) is 5.38. The van der Waals surface area contributed by atoms with Crippen LogP contribution >= 0.6 is 0 Å². The Balaban J connectivity index is 6.59. The van der Waals surface area contributed by atoms with E-state index in [4.69, 9.17) is 47.4 Å². The first-order valence-electron chi connectivity index (χ1n) is 23.0. The summed E-state index contributed by atoms with van der Waals surface area (Å²) in [5, 5.41) is 0. The van der Waals surface area contributed by atoms with Crippen molar-refractivity contribution in [1.82, 2.24) is 0 Å². The van der Waals surface area contributed by atoms with E-state index in [1.165, 1.54) is 34.6 Å². The zero-order valence-electron chi connectivity index (χ0n) is 41.8. The van der Waals surface area contributed by atoms with Crippen LogP contribution in [-0.4, -0.2) is 126 Å². The Morgan fingerprint density at radius 3 is 0.871 bits per heavy atom. The second kappa shape index (κ2) is 35.7. The Morgan fingerprint density at radius 2 is 0.600 bits per heavy atom. The minimum Gasteiger partial charge on any atom is -0.465 e. The molecule has 0 aliphatic rings. The summed E-state index contributed by atoms with van der Waals surface area (Å²) in [6, 6.07) is 0. The quantitative estimate of drug-likeness (QED) is 0.0271. The number of carbonyl (C=O) groups is 9. The van der Waals surface area contributed by atoms with Crippen molar-refractivity contribution in [3.05, 3.63) is 73.4 Å². The van der Waals surface area contributed by atoms with Crippen LogP contribution in [0.15, 0.2) is 73.4 Å². The summed E-state index contributed by atoms with van der Waals surface area (Å²) in [6.45, 7) is 24.9. The number of unbranched alkanes of at least 4 members (excludes halogenated alkanes) is 6. The smallest absolute Gasteiger partial charge is 0.333 e. The number of rotatable bonds is 40. The van der Waals surface area contributed by atoms with E-state index in [-0.39, 0.29) is 66.9 Å². The molecule has 19 heteroatoms. The Labute approximate surface area is 411 Å². The Bertz CT molecular complexity index is 1800. The van der Waals surface area contributed by atoms with Crippen LogP contribution in [0.5, 0.6) is 0 Å². The van der Waals surface area contributed by atoms with Crippen molar-refractivity contribution in [2.45, 2.75) is 112 Å². The highest BCUT2D eigenvalue weighted by Gasteiger charge is 2.41. The molecule has 0 aromatic heterocycles. The van der Waals surface area contributed by atoms with Crippen molar-refractivity contribution >= 4 is 53.7 Å². The Kier molecular flexibility index (Phi) is 32.5. The van der Waals surface area contributed by atoms with Crippen molar-refractivity contribution in [3.63, 3.8) is 0 Å². The lowest BCUT2D eigenvalue weighted by Gasteiger charge is -2.35. The molecule has 0 saturated carbocycles. The third-order valence-electron chi connectivity index (χ3n) is 9.66. The fourth-order valence-electron chi connectivity index (χ4n) is 5.38. The van der Waals surface area contributed by atoms with Crippen LogP contribution in [0.3, 0.4) is 0 Å². The number of hydrogen-bond acceptors (Lipinski definition) is 19. The second-order valence-corrected chi connectivity index (χ2v) is 17.2. The minimum absolute atomic E-state index is 0.0297. The average Bonchev–Trinajstić information content (AvgIpc) is 3.31. The van der Waals surface area contributed by atoms with E-state index in [9.17, 15) is 43.2 Å². The van der Waals surface area contributed by atoms with Crippen LogP contribution < -0.4 is 0 Å². The van der Waals surface area contributed by atoms with Crippen LogP contribution in [0.2, 0.25) is 0 Å². The van der Waals surface area contributed by atoms with E-state index < -0.39 is 117 Å². The van der Waals surface area contributed by atoms with Crippen molar-refractivity contribution in [1.29, 1.82) is 0 Å². The number of carbonyl (C=O) groups excluding carboxylic acids is 9. The molecule has 0 rings (SSSR count). The molecule has 70 heavy (non-hydrogen) atoms. The van der Waals surface area contributed by atoms with Crippen LogP contribution in [0.1, 0.15) is 112 Å². The normalized spacial score (nSPS) is 11.6. The molecule has 0 aliphatic carbocycles. The first-order valence-corrected chi connectivity index (χ1v) is 23.0. The Morgan fingerprint density at radius 1 is 0.343 bits per heavy atom. The third-order valence-corrected chi connectivity index (χ3v) is 9.66. The lowest BCUT2D eigenvalue weighted by atomic mass is 9.90. The first-order chi connectivity index (χ1) is 33.0. The maximum Gasteiger partial charge on any atom is 0.333 e. The summed E-state index contributed by atoms with van der Waals surface area (Å²) in [7, 11) is 0. The summed E-state index contributed by atoms with van der Waals surface area (Å²) in [4.78, 5) is 112. The van der Waals surface area contributed by atoms with Crippen LogP contribution in [-0.2, 0) is 90.5 Å². The van der Waals surface area contributed by atoms with Gasteiger partial charge in [0.2, 0.25) is 0 Å². The third kappa shape index (κ3) is 30.2. The molecule has 0 aromatic rings. The van der Waals surface area contributed by atoms with Gasteiger partial charge in [0.15, 0.2) is 0 Å². The van der Waals surface area contributed by atoms with Gasteiger partial charge in [0.05, 0.1) is 43.9 Å². The molecule has 19 nitrogen and oxygen atoms in total. The molecule has 0 radical (unpaired) electrons. The number of ether oxygens (including phenoxy) is 10. The van der Waals surface area contributed by atoms with Gasteiger partial charge in [-0.25, -0.2) is 28.8 Å². The Hall–Kier alpha value is -6.37. The molecule has 0 aromatic carbocycles. The van der Waals surface area contributed by atoms with Crippen molar-refractivity contribution in [2.75, 3.05) is 72.7 Å². The summed E-state index contributed by atoms with van der Waals surface area (Å²) >= 11 is 0. The largest absolute Gasteiger partial charge is 0.465 e. The molecule has 0 amide bonds. The molecule has 392 valence electrons. The van der Waals surface area contributed by atoms with E-state index in [1.807, 2.05) is 0 Å². The van der Waals surface area contributed by atoms with Gasteiger partial charge in [-0.2, -0.15) is 0 Å². The summed E-state index contributed by atoms with van der Waals surface area (Å²) < 4.78 is 54.9. The SMILES string of the molecule is C=CC(=O)OCC(COCC(COC(=O)CCCCCOC(=O)C(=C)C)(COC(=O)CCCCCOC(=O)C(=C)C)COC(=O)C(=C)C)(COC(=O)CCCCCOC(=O)C(=C)C)COC(=O)C(=C)C. The minimum atomic E-state index is -1.60. The lowest BCUT2D eigenvalue weighted by Crippen LogP contribution is -2.47. The van der Waals surface area contributed by atoms with E-state index in [2.05, 4.69) is 39.5 Å². The molecule has 1 unspecified atom stereocenters. The molecule has 0 heterocycles. The average molecular weight is 991 g/mol. The predicted octanol–water partition coefficient (Wildman–Crippen LogP) is 6.61. The summed E-state index contributed by atoms with van der Waals surface area (Å²) in [5.41, 5.74) is -2.37. The van der Waals surface area contributed by atoms with Crippen LogP contribution in [0.25, 0.3) is 0 Å². The highest BCUT2D eigenvalue weighted by atomic mass is 16.6. The van der Waals surface area contributed by atoms with Gasteiger partial charge in [0, 0.05) is 53.2 Å². The highest BCUT2D eigenvalue weighted by molar-refractivity contribution is 5.88. The van der Waals surface area contributed by atoms with E-state index in [0.717, 1.165) is 6.08 Å². The van der Waals surface area contributed by atoms with Crippen molar-refractivity contribution < 1.29 is 90.5 Å². The molecule has 1 atom stereocenters. The van der Waals surface area contributed by atoms with Gasteiger partial charge >= 0.3 is 53.7 Å². The fraction of sp³-hybridized carbons (Fsp3) is 0.588. The molecule has 0 fully saturated rings. The predicted molar refractivity (Wildman–Crippen MR) is 254 cm³/mol. The zero-order valence-corrected chi connectivity index (χ0v) is 41.8. The van der Waals surface area contributed by atoms with Crippen molar-refractivity contribution in [2.24, 2.45) is 10.8 Å². The van der Waals surface area contributed by atoms with Gasteiger partial charge in [0.1, 0.15) is 39.6 Å². The van der Waals surface area contributed by atoms with Gasteiger partial charge in [-0.1, -0.05) is 39.5 Å². The second-order valence-electron chi connectivity index (χ2n) is 17.2. The highest BCUT2D eigenvalue weighted by Crippen LogP contribution is 2.27. The van der Waals surface area contributed by atoms with Gasteiger partial charge in [0.25, 0.3) is 0 Å². The van der Waals surface area contributed by atoms with Gasteiger partial charge in [-0.3, -0.25) is 14.4 Å². The van der Waals surface area contributed by atoms with E-state index in [0.29, 0.717) is 57.8 Å². The van der Waals surface area contributed by atoms with Crippen molar-refractivity contribution in [3.8, 4) is 0 Å². The summed E-state index contributed by atoms with van der Waals surface area (Å²) in [6.07, 6.45) is 4.72. The number of hydrogen-bond donors (Lipinski definition) is 0. The monoisotopic (exact) mass is 990 g/mol. The molecule has 0 N–H and O–H groups in total. The van der Waals surface area contributed by atoms with E-state index in [1.54, 1.807) is 0 Å². The van der Waals surface area contributed by atoms with Crippen LogP contribution in [0.4, 0.5) is 0 Å². The van der Waals surface area contributed by atoms with Gasteiger partial charge < -0.3 is 47.4 Å². The maximum absolute atomic E-state index is 13.1. The van der Waals surface area contributed by atoms with Gasteiger partial charge in [-0.15, -0.1) is 0 Å². The number of esters is 9.